The molecule has 0 unspecified atom stereocenters. The van der Waals surface area contributed by atoms with E-state index < -0.39 is 0 Å². The molecule has 0 spiro atoms. The zero-order chi connectivity index (χ0) is 20.1. The van der Waals surface area contributed by atoms with Crippen LogP contribution in [-0.4, -0.2) is 18.2 Å². The summed E-state index contributed by atoms with van der Waals surface area (Å²) in [5.74, 6) is 0. The number of carbonyl (C=O) groups excluding carboxylic acids is 3. The maximum atomic E-state index is 8.24. The Balaban J connectivity index is 0.000000632. The zero-order valence-corrected chi connectivity index (χ0v) is 14.0. The summed E-state index contributed by atoms with van der Waals surface area (Å²) >= 11 is 0. The lowest BCUT2D eigenvalue weighted by molar-refractivity contribution is 0.568. The van der Waals surface area contributed by atoms with Gasteiger partial charge in [0.1, 0.15) is 0 Å². The Labute approximate surface area is 162 Å². The van der Waals surface area contributed by atoms with Crippen molar-refractivity contribution in [2.24, 2.45) is 0 Å². The van der Waals surface area contributed by atoms with Crippen LogP contribution in [0.3, 0.4) is 0 Å². The van der Waals surface area contributed by atoms with Gasteiger partial charge in [0.2, 0.25) is 0 Å². The van der Waals surface area contributed by atoms with E-state index in [1.54, 1.807) is 0 Å². The lowest BCUT2D eigenvalue weighted by Gasteiger charge is -2.09. The first kappa shape index (κ1) is 23.8. The highest BCUT2D eigenvalue weighted by atomic mass is 16.1. The van der Waals surface area contributed by atoms with Gasteiger partial charge >= 0.3 is 0 Å². The van der Waals surface area contributed by atoms with E-state index in [4.69, 9.17) is 30.6 Å². The minimum atomic E-state index is 0. The number of fused-ring (bicyclic) bond motifs is 6. The third-order valence-electron chi connectivity index (χ3n) is 3.65. The van der Waals surface area contributed by atoms with Crippen molar-refractivity contribution in [2.45, 2.75) is 7.43 Å². The fourth-order valence-corrected chi connectivity index (χ4v) is 2.86. The van der Waals surface area contributed by atoms with Crippen molar-refractivity contribution in [3.63, 3.8) is 0 Å². The zero-order valence-electron chi connectivity index (χ0n) is 14.0. The van der Waals surface area contributed by atoms with Crippen LogP contribution in [0.15, 0.2) is 72.8 Å². The van der Waals surface area contributed by atoms with Crippen LogP contribution in [-0.2, 0) is 14.4 Å². The summed E-state index contributed by atoms with van der Waals surface area (Å²) < 4.78 is 0. The second-order valence-corrected chi connectivity index (χ2v) is 4.91. The van der Waals surface area contributed by atoms with Gasteiger partial charge in [-0.1, -0.05) is 80.2 Å². The fraction of sp³-hybridized carbons (Fsp3) is 0.0455. The quantitative estimate of drug-likeness (QED) is 0.232. The first-order valence-corrected chi connectivity index (χ1v) is 7.52. The van der Waals surface area contributed by atoms with Crippen molar-refractivity contribution in [1.82, 2.24) is 0 Å². The summed E-state index contributed by atoms with van der Waals surface area (Å²) in [6.07, 6.45) is 1.50. The van der Waals surface area contributed by atoms with Gasteiger partial charge in [0, 0.05) is 0 Å². The fourth-order valence-electron chi connectivity index (χ4n) is 2.86. The minimum absolute atomic E-state index is 0. The van der Waals surface area contributed by atoms with E-state index in [1.165, 1.54) is 32.3 Å². The molecule has 0 saturated heterocycles. The molecule has 0 amide bonds. The van der Waals surface area contributed by atoms with Crippen LogP contribution in [0, 0.1) is 0 Å². The van der Waals surface area contributed by atoms with E-state index in [0.717, 1.165) is 0 Å². The van der Waals surface area contributed by atoms with Crippen molar-refractivity contribution in [3.8, 4) is 0 Å². The Morgan fingerprint density at radius 2 is 0.536 bits per heavy atom. The molecule has 4 aromatic rings. The van der Waals surface area contributed by atoms with E-state index in [0.29, 0.717) is 18.2 Å². The lowest BCUT2D eigenvalue weighted by atomic mass is 9.95. The first-order valence-electron chi connectivity index (χ1n) is 7.52. The summed E-state index contributed by atoms with van der Waals surface area (Å²) in [6, 6.07) is 26.0. The summed E-state index contributed by atoms with van der Waals surface area (Å²) in [5, 5.41) is 28.3. The van der Waals surface area contributed by atoms with E-state index in [9.17, 15) is 0 Å². The van der Waals surface area contributed by atoms with Gasteiger partial charge in [-0.05, 0) is 50.6 Å². The highest BCUT2D eigenvalue weighted by molar-refractivity contribution is 6.25. The molecular weight excluding hydrogens is 354 g/mol. The molecule has 0 fully saturated rings. The molecule has 0 atom stereocenters. The molecule has 0 aliphatic rings. The molecule has 4 aromatic carbocycles. The summed E-state index contributed by atoms with van der Waals surface area (Å²) in [4.78, 5) is 24.7. The van der Waals surface area contributed by atoms with Gasteiger partial charge in [-0.25, -0.2) is 0 Å². The van der Waals surface area contributed by atoms with Gasteiger partial charge < -0.3 is 16.2 Å². The van der Waals surface area contributed by atoms with Crippen LogP contribution in [0.25, 0.3) is 48.5 Å². The molecule has 0 aromatic heterocycles. The van der Waals surface area contributed by atoms with Crippen LogP contribution in [0.1, 0.15) is 7.43 Å². The molecule has 6 nitrogen and oxygen atoms in total. The third-order valence-corrected chi connectivity index (χ3v) is 3.65. The number of isocyanates is 3. The molecule has 0 bridgehead atoms. The molecule has 0 saturated carbocycles. The molecular formula is C22H16N3O3-3. The number of hydrogen-bond donors (Lipinski definition) is 0. The van der Waals surface area contributed by atoms with Crippen molar-refractivity contribution in [2.75, 3.05) is 0 Å². The summed E-state index contributed by atoms with van der Waals surface area (Å²) in [7, 11) is 0. The molecule has 6 heteroatoms. The van der Waals surface area contributed by atoms with Gasteiger partial charge in [0.05, 0.1) is 0 Å². The average Bonchev–Trinajstić information content (AvgIpc) is 2.70. The molecule has 0 heterocycles. The van der Waals surface area contributed by atoms with Gasteiger partial charge in [-0.2, -0.15) is 0 Å². The van der Waals surface area contributed by atoms with Gasteiger partial charge in [0.25, 0.3) is 0 Å². The van der Waals surface area contributed by atoms with Gasteiger partial charge in [-0.15, -0.1) is 0 Å². The SMILES string of the molecule is C.[N-]=C=O.[N-]=C=O.[N-]=C=O.c1ccc2c(c1)c1ccccc1c1ccccc21. The van der Waals surface area contributed by atoms with Crippen molar-refractivity contribution < 1.29 is 14.4 Å². The van der Waals surface area contributed by atoms with E-state index in [2.05, 4.69) is 72.8 Å². The molecule has 140 valence electrons. The maximum absolute atomic E-state index is 8.24. The predicted octanol–water partition coefficient (Wildman–Crippen LogP) is 5.46. The van der Waals surface area contributed by atoms with Crippen LogP contribution >= 0.6 is 0 Å². The van der Waals surface area contributed by atoms with E-state index >= 15 is 0 Å². The van der Waals surface area contributed by atoms with Crippen LogP contribution < -0.4 is 0 Å². The topological polar surface area (TPSA) is 118 Å². The number of nitrogens with zero attached hydrogens (tertiary/aromatic N) is 3. The Hall–Kier alpha value is -4.20. The predicted molar refractivity (Wildman–Crippen MR) is 113 cm³/mol. The molecule has 28 heavy (non-hydrogen) atoms. The van der Waals surface area contributed by atoms with Crippen molar-refractivity contribution in [1.29, 1.82) is 0 Å². The number of rotatable bonds is 0. The van der Waals surface area contributed by atoms with Crippen LogP contribution in [0.4, 0.5) is 0 Å². The minimum Gasteiger partial charge on any atom is -0.724 e. The maximum Gasteiger partial charge on any atom is -0.00990 e. The second-order valence-electron chi connectivity index (χ2n) is 4.91. The Bertz CT molecular complexity index is 902. The molecule has 4 rings (SSSR count). The largest absolute Gasteiger partial charge is 0.724 e. The van der Waals surface area contributed by atoms with E-state index in [-0.39, 0.29) is 7.43 Å². The van der Waals surface area contributed by atoms with Crippen LogP contribution in [0.5, 0.6) is 0 Å². The highest BCUT2D eigenvalue weighted by Gasteiger charge is 2.06. The van der Waals surface area contributed by atoms with Crippen molar-refractivity contribution in [3.05, 3.63) is 89.0 Å². The monoisotopic (exact) mass is 370 g/mol. The first-order chi connectivity index (χ1) is 13.2. The average molecular weight is 370 g/mol. The Morgan fingerprint density at radius 3 is 0.643 bits per heavy atom. The summed E-state index contributed by atoms with van der Waals surface area (Å²) in [6.45, 7) is 0. The third kappa shape index (κ3) is 5.67. The highest BCUT2D eigenvalue weighted by Crippen LogP contribution is 2.34. The number of hydrogen-bond acceptors (Lipinski definition) is 3. The smallest absolute Gasteiger partial charge is 0.00990 e. The van der Waals surface area contributed by atoms with Crippen LogP contribution in [0.2, 0.25) is 0 Å². The number of benzene rings is 4. The normalized spacial score (nSPS) is 8.14. The van der Waals surface area contributed by atoms with Gasteiger partial charge in [0.15, 0.2) is 0 Å². The lowest BCUT2D eigenvalue weighted by Crippen LogP contribution is -1.81. The molecule has 0 aliphatic heterocycles. The van der Waals surface area contributed by atoms with E-state index in [1.807, 2.05) is 0 Å². The second kappa shape index (κ2) is 13.1. The molecule has 0 aliphatic carbocycles. The Morgan fingerprint density at radius 1 is 0.429 bits per heavy atom. The standard InChI is InChI=1S/C18H12.3CNO.CH4/c1-2-8-14-13(7-1)15-9-3-4-11-17(15)18-12-6-5-10-16(14)18;3*2-1-3;/h1-12H;;;;1H4/q;3*-1;. The van der Waals surface area contributed by atoms with Crippen molar-refractivity contribution >= 4 is 50.6 Å². The summed E-state index contributed by atoms with van der Waals surface area (Å²) in [5.41, 5.74) is 0. The molecule has 0 N–H and O–H groups in total. The van der Waals surface area contributed by atoms with Gasteiger partial charge in [-0.3, -0.25) is 14.4 Å². The molecule has 0 radical (unpaired) electrons. The Kier molecular flexibility index (Phi) is 11.1.